The number of benzene rings is 4. The van der Waals surface area contributed by atoms with Gasteiger partial charge in [0.1, 0.15) is 30.3 Å². The summed E-state index contributed by atoms with van der Waals surface area (Å²) < 4.78 is 21.7. The molecule has 64 heavy (non-hydrogen) atoms. The van der Waals surface area contributed by atoms with Crippen molar-refractivity contribution in [3.8, 4) is 28.1 Å². The van der Waals surface area contributed by atoms with Crippen LogP contribution < -0.4 is 15.4 Å². The number of imidazole rings is 1. The van der Waals surface area contributed by atoms with E-state index in [1.54, 1.807) is 18.2 Å². The summed E-state index contributed by atoms with van der Waals surface area (Å²) in [7, 11) is 4.23. The quantitative estimate of drug-likeness (QED) is 0.122. The number of nitrogens with one attached hydrogen (secondary N) is 3. The lowest BCUT2D eigenvalue weighted by Gasteiger charge is -2.31. The van der Waals surface area contributed by atoms with Gasteiger partial charge in [-0.25, -0.2) is 14.6 Å². The second-order valence-corrected chi connectivity index (χ2v) is 17.3. The van der Waals surface area contributed by atoms with E-state index in [1.807, 2.05) is 49.1 Å². The lowest BCUT2D eigenvalue weighted by molar-refractivity contribution is -0.135. The van der Waals surface area contributed by atoms with Gasteiger partial charge in [0.25, 0.3) is 5.91 Å². The van der Waals surface area contributed by atoms with Crippen LogP contribution in [0.2, 0.25) is 0 Å². The molecule has 15 nitrogen and oxygen atoms in total. The zero-order valence-corrected chi connectivity index (χ0v) is 36.7. The summed E-state index contributed by atoms with van der Waals surface area (Å²) >= 11 is 0. The number of carbonyl (C=O) groups excluding carboxylic acids is 4. The van der Waals surface area contributed by atoms with Crippen molar-refractivity contribution in [2.45, 2.75) is 70.3 Å². The molecule has 2 fully saturated rings. The summed E-state index contributed by atoms with van der Waals surface area (Å²) in [5, 5.41) is 7.63. The molecule has 1 aromatic heterocycles. The Labute approximate surface area is 371 Å². The maximum absolute atomic E-state index is 14.3. The highest BCUT2D eigenvalue weighted by Gasteiger charge is 2.42. The van der Waals surface area contributed by atoms with Crippen molar-refractivity contribution < 1.29 is 38.1 Å². The number of hydrogen-bond donors (Lipinski definition) is 3. The molecule has 5 aromatic rings. The molecular weight excluding hydrogens is 815 g/mol. The van der Waals surface area contributed by atoms with Gasteiger partial charge in [0, 0.05) is 43.8 Å². The number of aromatic amines is 1. The number of H-pyrrole nitrogens is 1. The molecule has 3 N–H and O–H groups in total. The topological polar surface area (TPSA) is 177 Å². The van der Waals surface area contributed by atoms with Crippen molar-refractivity contribution >= 4 is 46.2 Å². The molecule has 4 amide bonds. The molecule has 332 valence electrons. The molecule has 0 aliphatic carbocycles. The molecule has 4 aliphatic heterocycles. The summed E-state index contributed by atoms with van der Waals surface area (Å²) in [5.41, 5.74) is 8.52. The summed E-state index contributed by atoms with van der Waals surface area (Å²) in [6.45, 7) is 5.75. The van der Waals surface area contributed by atoms with Crippen LogP contribution in [0.1, 0.15) is 67.7 Å². The van der Waals surface area contributed by atoms with E-state index in [0.29, 0.717) is 50.5 Å². The fraction of sp³-hybridized carbons (Fsp3) is 0.388. The van der Waals surface area contributed by atoms with Crippen molar-refractivity contribution in [2.75, 3.05) is 41.0 Å². The molecule has 0 saturated carbocycles. The van der Waals surface area contributed by atoms with Crippen LogP contribution in [0.3, 0.4) is 0 Å². The van der Waals surface area contributed by atoms with Crippen LogP contribution in [-0.4, -0.2) is 103 Å². The van der Waals surface area contributed by atoms with E-state index in [1.165, 1.54) is 14.2 Å². The minimum absolute atomic E-state index is 0.0731. The number of hydrogen-bond acceptors (Lipinski definition) is 10. The second-order valence-electron chi connectivity index (χ2n) is 17.3. The first-order valence-electron chi connectivity index (χ1n) is 21.9. The molecule has 2 saturated heterocycles. The molecule has 9 rings (SSSR count). The number of alkyl carbamates (subject to hydrolysis) is 2. The van der Waals surface area contributed by atoms with Crippen molar-refractivity contribution in [1.82, 2.24) is 30.4 Å². The van der Waals surface area contributed by atoms with E-state index in [0.717, 1.165) is 74.3 Å². The maximum Gasteiger partial charge on any atom is 0.407 e. The van der Waals surface area contributed by atoms with E-state index >= 15 is 0 Å². The molecule has 1 unspecified atom stereocenters. The number of aliphatic imine (C=N–C) groups is 1. The predicted molar refractivity (Wildman–Crippen MR) is 240 cm³/mol. The lowest BCUT2D eigenvalue weighted by atomic mass is 9.90. The number of carbonyl (C=O) groups is 4. The van der Waals surface area contributed by atoms with E-state index in [-0.39, 0.29) is 35.7 Å². The smallest absolute Gasteiger partial charge is 0.407 e. The van der Waals surface area contributed by atoms with Crippen LogP contribution in [0.4, 0.5) is 15.3 Å². The third kappa shape index (κ3) is 8.04. The molecule has 0 radical (unpaired) electrons. The van der Waals surface area contributed by atoms with Crippen LogP contribution >= 0.6 is 0 Å². The third-order valence-corrected chi connectivity index (χ3v) is 13.0. The van der Waals surface area contributed by atoms with Crippen molar-refractivity contribution in [2.24, 2.45) is 16.8 Å². The number of rotatable bonds is 11. The van der Waals surface area contributed by atoms with E-state index in [4.69, 9.17) is 28.9 Å². The van der Waals surface area contributed by atoms with Crippen molar-refractivity contribution in [1.29, 1.82) is 0 Å². The van der Waals surface area contributed by atoms with Crippen LogP contribution in [0.15, 0.2) is 84.0 Å². The Morgan fingerprint density at radius 2 is 1.69 bits per heavy atom. The summed E-state index contributed by atoms with van der Waals surface area (Å²) in [6, 6.07) is 21.8. The number of aromatic nitrogens is 2. The van der Waals surface area contributed by atoms with E-state index in [9.17, 15) is 19.2 Å². The summed E-state index contributed by atoms with van der Waals surface area (Å²) in [4.78, 5) is 69.7. The van der Waals surface area contributed by atoms with Crippen molar-refractivity contribution in [3.63, 3.8) is 0 Å². The predicted octanol–water partition coefficient (Wildman–Crippen LogP) is 7.42. The number of amides is 4. The molecule has 15 heteroatoms. The van der Waals surface area contributed by atoms with Gasteiger partial charge in [-0.1, -0.05) is 62.4 Å². The maximum atomic E-state index is 14.3. The van der Waals surface area contributed by atoms with Gasteiger partial charge in [-0.15, -0.1) is 0 Å². The van der Waals surface area contributed by atoms with Crippen molar-refractivity contribution in [3.05, 3.63) is 102 Å². The Hall–Kier alpha value is -6.74. The van der Waals surface area contributed by atoms with Gasteiger partial charge in [0.05, 0.1) is 50.5 Å². The highest BCUT2D eigenvalue weighted by atomic mass is 16.5. The number of fused-ring (bicyclic) bond motifs is 6. The largest absolute Gasteiger partial charge is 0.488 e. The van der Waals surface area contributed by atoms with Gasteiger partial charge < -0.3 is 44.4 Å². The first kappa shape index (κ1) is 42.6. The molecule has 4 aliphatic rings. The number of likely N-dealkylation sites (tertiary alicyclic amines) is 2. The Morgan fingerprint density at radius 1 is 0.891 bits per heavy atom. The number of ether oxygens (including phenoxy) is 4. The normalized spacial score (nSPS) is 19.6. The molecule has 5 heterocycles. The number of methoxy groups -OCH3 is 3. The fourth-order valence-corrected chi connectivity index (χ4v) is 9.86. The van der Waals surface area contributed by atoms with Crippen LogP contribution in [0.25, 0.3) is 33.2 Å². The van der Waals surface area contributed by atoms with Crippen LogP contribution in [-0.2, 0) is 36.8 Å². The highest BCUT2D eigenvalue weighted by molar-refractivity contribution is 6.06. The van der Waals surface area contributed by atoms with Gasteiger partial charge in [-0.05, 0) is 88.0 Å². The second kappa shape index (κ2) is 17.8. The first-order valence-corrected chi connectivity index (χ1v) is 21.9. The molecule has 4 aromatic carbocycles. The van der Waals surface area contributed by atoms with Crippen LogP contribution in [0.5, 0.6) is 5.75 Å². The Bertz CT molecular complexity index is 2640. The minimum Gasteiger partial charge on any atom is -0.488 e. The minimum atomic E-state index is -0.943. The van der Waals surface area contributed by atoms with Crippen LogP contribution in [0, 0.1) is 11.8 Å². The summed E-state index contributed by atoms with van der Waals surface area (Å²) in [6.07, 6.45) is 3.43. The Balaban J connectivity index is 0.942. The number of nitrogens with zero attached hydrogens (tertiary/aromatic N) is 4. The third-order valence-electron chi connectivity index (χ3n) is 13.0. The molecular formula is C49H53N7O8. The van der Waals surface area contributed by atoms with Gasteiger partial charge in [0.2, 0.25) is 5.91 Å². The monoisotopic (exact) mass is 867 g/mol. The first-order chi connectivity index (χ1) is 31.0. The fourth-order valence-electron chi connectivity index (χ4n) is 9.86. The average molecular weight is 868 g/mol. The lowest BCUT2D eigenvalue weighted by Crippen LogP contribution is -2.53. The molecule has 5 atom stereocenters. The zero-order valence-electron chi connectivity index (χ0n) is 36.7. The average Bonchev–Trinajstić information content (AvgIpc) is 4.15. The summed E-state index contributed by atoms with van der Waals surface area (Å²) in [5.74, 6) is 1.05. The van der Waals surface area contributed by atoms with Gasteiger partial charge >= 0.3 is 12.2 Å². The van der Waals surface area contributed by atoms with Gasteiger partial charge in [-0.2, -0.15) is 0 Å². The van der Waals surface area contributed by atoms with Gasteiger partial charge in [0.15, 0.2) is 0 Å². The molecule has 0 bridgehead atoms. The standard InChI is InChI=1S/C49H53N7O8/c1-27(2)43(53-48(59)62-4)46(57)55-17-9-12-40(55)38-21-35-34-22-42-36(20-30(34)14-16-37(35)51-38)33-15-13-31(19-32(33)26-64-42)39-23-50-45(52-39)41-18-28(25-61-3)24-56(41)47(58)44(54-49(60)63-5)29-10-7-6-8-11-29/h6-8,10-11,13-16,19-20,22-23,27-28,40-41,43-44H,9,12,17-18,21,24-26H2,1-5H3,(H,50,52)(H,53,59)(H,54,60)/t28-,40-,41-,43-,44?/m0/s1. The zero-order chi connectivity index (χ0) is 44.6. The Morgan fingerprint density at radius 3 is 2.45 bits per heavy atom. The van der Waals surface area contributed by atoms with E-state index in [2.05, 4.69) is 58.1 Å². The SMILES string of the molecule is COC[C@H]1C[C@@H](c2ncc(-c3ccc4c(c3)COc3cc5c6c(ccc5cc3-4)N=C([C@@H]3CCCN3C(=O)[C@@H](NC(=O)OC)C(C)C)C6)[nH]2)N(C(=O)C(NC(=O)OC)c2ccccc2)C1. The van der Waals surface area contributed by atoms with E-state index < -0.39 is 24.3 Å². The highest BCUT2D eigenvalue weighted by Crippen LogP contribution is 2.45. The molecule has 0 spiro atoms. The Kier molecular flexibility index (Phi) is 11.8. The van der Waals surface area contributed by atoms with Gasteiger partial charge in [-0.3, -0.25) is 14.6 Å².